The highest BCUT2D eigenvalue weighted by Crippen LogP contribution is 2.22. The van der Waals surface area contributed by atoms with Crippen LogP contribution in [0.15, 0.2) is 30.3 Å². The highest BCUT2D eigenvalue weighted by atomic mass is 35.5. The zero-order valence-electron chi connectivity index (χ0n) is 16.4. The van der Waals surface area contributed by atoms with Crippen LogP contribution < -0.4 is 11.1 Å². The molecule has 0 saturated carbocycles. The van der Waals surface area contributed by atoms with Crippen molar-refractivity contribution in [3.8, 4) is 0 Å². The molecular formula is C19H22ClN7O2. The molecule has 0 fully saturated rings. The zero-order chi connectivity index (χ0) is 21.0. The molecule has 0 saturated heterocycles. The third-order valence-corrected chi connectivity index (χ3v) is 4.25. The number of aromatic nitrogens is 5. The van der Waals surface area contributed by atoms with E-state index in [4.69, 9.17) is 22.1 Å². The summed E-state index contributed by atoms with van der Waals surface area (Å²) in [6, 6.07) is 9.37. The Balaban J connectivity index is 1.71. The molecule has 0 aliphatic heterocycles. The number of benzene rings is 1. The molecule has 0 aliphatic carbocycles. The van der Waals surface area contributed by atoms with Gasteiger partial charge in [-0.2, -0.15) is 20.1 Å². The van der Waals surface area contributed by atoms with E-state index in [1.165, 1.54) is 0 Å². The molecule has 0 radical (unpaired) electrons. The van der Waals surface area contributed by atoms with Crippen molar-refractivity contribution in [3.63, 3.8) is 0 Å². The van der Waals surface area contributed by atoms with Crippen LogP contribution >= 0.6 is 11.6 Å². The SMILES string of the molecule is Cc1nn(CC(C)C)c(Cl)c1C(=O)OCc1nc(N)nc(Nc2ccccc2)n1. The largest absolute Gasteiger partial charge is 0.454 e. The first-order chi connectivity index (χ1) is 13.8. The number of halogens is 1. The predicted octanol–water partition coefficient (Wildman–Crippen LogP) is 3.37. The molecule has 29 heavy (non-hydrogen) atoms. The summed E-state index contributed by atoms with van der Waals surface area (Å²) in [5.41, 5.74) is 7.28. The number of nitrogen functional groups attached to an aromatic ring is 1. The number of rotatable bonds is 7. The maximum Gasteiger partial charge on any atom is 0.343 e. The lowest BCUT2D eigenvalue weighted by Crippen LogP contribution is -2.12. The normalized spacial score (nSPS) is 10.9. The molecule has 0 spiro atoms. The van der Waals surface area contributed by atoms with Crippen LogP contribution in [0.1, 0.15) is 35.7 Å². The number of nitrogens with one attached hydrogen (secondary N) is 1. The number of aryl methyl sites for hydroxylation is 1. The van der Waals surface area contributed by atoms with E-state index >= 15 is 0 Å². The Morgan fingerprint density at radius 1 is 1.24 bits per heavy atom. The van der Waals surface area contributed by atoms with Crippen molar-refractivity contribution < 1.29 is 9.53 Å². The topological polar surface area (TPSA) is 121 Å². The third kappa shape index (κ3) is 5.20. The van der Waals surface area contributed by atoms with Gasteiger partial charge in [0, 0.05) is 12.2 Å². The number of carbonyl (C=O) groups is 1. The van der Waals surface area contributed by atoms with E-state index in [2.05, 4.69) is 25.4 Å². The van der Waals surface area contributed by atoms with Gasteiger partial charge >= 0.3 is 5.97 Å². The molecule has 0 aliphatic rings. The minimum absolute atomic E-state index is 0.0171. The molecule has 3 N–H and O–H groups in total. The molecule has 1 aromatic carbocycles. The lowest BCUT2D eigenvalue weighted by atomic mass is 10.2. The van der Waals surface area contributed by atoms with Crippen LogP contribution in [0.2, 0.25) is 5.15 Å². The van der Waals surface area contributed by atoms with Crippen LogP contribution in [0.5, 0.6) is 0 Å². The summed E-state index contributed by atoms with van der Waals surface area (Å²) in [6.45, 7) is 6.21. The molecule has 3 aromatic rings. The quantitative estimate of drug-likeness (QED) is 0.563. The molecule has 2 heterocycles. The Morgan fingerprint density at radius 3 is 2.66 bits per heavy atom. The van der Waals surface area contributed by atoms with Crippen LogP contribution in [0.3, 0.4) is 0 Å². The van der Waals surface area contributed by atoms with Gasteiger partial charge in [0.1, 0.15) is 10.7 Å². The van der Waals surface area contributed by atoms with E-state index in [0.29, 0.717) is 18.2 Å². The Bertz CT molecular complexity index is 1010. The third-order valence-electron chi connectivity index (χ3n) is 3.87. The van der Waals surface area contributed by atoms with Crippen molar-refractivity contribution in [2.45, 2.75) is 33.9 Å². The summed E-state index contributed by atoms with van der Waals surface area (Å²) < 4.78 is 6.94. The summed E-state index contributed by atoms with van der Waals surface area (Å²) in [7, 11) is 0. The van der Waals surface area contributed by atoms with Crippen LogP contribution in [0.25, 0.3) is 0 Å². The van der Waals surface area contributed by atoms with Gasteiger partial charge in [0.2, 0.25) is 11.9 Å². The van der Waals surface area contributed by atoms with Crippen molar-refractivity contribution in [2.24, 2.45) is 5.92 Å². The number of nitrogens with two attached hydrogens (primary N) is 1. The molecule has 0 atom stereocenters. The minimum atomic E-state index is -0.598. The fourth-order valence-corrected chi connectivity index (χ4v) is 2.98. The van der Waals surface area contributed by atoms with E-state index in [1.807, 2.05) is 44.2 Å². The van der Waals surface area contributed by atoms with Gasteiger partial charge in [-0.15, -0.1) is 0 Å². The molecule has 0 unspecified atom stereocenters. The lowest BCUT2D eigenvalue weighted by Gasteiger charge is -2.08. The molecule has 0 amide bonds. The number of para-hydroxylation sites is 1. The summed E-state index contributed by atoms with van der Waals surface area (Å²) in [5, 5.41) is 7.59. The van der Waals surface area contributed by atoms with E-state index in [0.717, 1.165) is 5.69 Å². The van der Waals surface area contributed by atoms with Crippen LogP contribution in [-0.2, 0) is 17.9 Å². The number of anilines is 3. The van der Waals surface area contributed by atoms with E-state index < -0.39 is 5.97 Å². The number of ether oxygens (including phenoxy) is 1. The van der Waals surface area contributed by atoms with E-state index in [-0.39, 0.29) is 35.0 Å². The molecule has 10 heteroatoms. The second-order valence-electron chi connectivity index (χ2n) is 6.83. The number of hydrogen-bond donors (Lipinski definition) is 2. The van der Waals surface area contributed by atoms with E-state index in [9.17, 15) is 4.79 Å². The number of carbonyl (C=O) groups excluding carboxylic acids is 1. The van der Waals surface area contributed by atoms with Crippen molar-refractivity contribution in [2.75, 3.05) is 11.1 Å². The summed E-state index contributed by atoms with van der Waals surface area (Å²) in [5.74, 6) is 0.225. The highest BCUT2D eigenvalue weighted by molar-refractivity contribution is 6.32. The van der Waals surface area contributed by atoms with Gasteiger partial charge in [0.15, 0.2) is 12.4 Å². The number of esters is 1. The van der Waals surface area contributed by atoms with Gasteiger partial charge in [-0.25, -0.2) is 4.79 Å². The summed E-state index contributed by atoms with van der Waals surface area (Å²) >= 11 is 6.32. The fraction of sp³-hybridized carbons (Fsp3) is 0.316. The maximum absolute atomic E-state index is 12.5. The Hall–Kier alpha value is -3.20. The van der Waals surface area contributed by atoms with Crippen LogP contribution in [0, 0.1) is 12.8 Å². The average molecular weight is 416 g/mol. The smallest absolute Gasteiger partial charge is 0.343 e. The summed E-state index contributed by atoms with van der Waals surface area (Å²) in [4.78, 5) is 24.8. The Morgan fingerprint density at radius 2 is 1.97 bits per heavy atom. The first-order valence-corrected chi connectivity index (χ1v) is 9.43. The van der Waals surface area contributed by atoms with Gasteiger partial charge in [0.05, 0.1) is 5.69 Å². The fourth-order valence-electron chi connectivity index (χ4n) is 2.66. The molecular weight excluding hydrogens is 394 g/mol. The standard InChI is InChI=1S/C19H22ClN7O2/c1-11(2)9-27-16(20)15(12(3)26-27)17(28)29-10-14-23-18(21)25-19(24-14)22-13-7-5-4-6-8-13/h4-8,11H,9-10H2,1-3H3,(H3,21,22,23,24,25). The van der Waals surface area contributed by atoms with Crippen molar-refractivity contribution in [1.29, 1.82) is 0 Å². The first kappa shape index (κ1) is 20.5. The Labute approximate surface area is 173 Å². The van der Waals surface area contributed by atoms with Gasteiger partial charge in [-0.05, 0) is 25.0 Å². The molecule has 2 aromatic heterocycles. The predicted molar refractivity (Wildman–Crippen MR) is 110 cm³/mol. The molecule has 9 nitrogen and oxygen atoms in total. The maximum atomic E-state index is 12.5. The van der Waals surface area contributed by atoms with Gasteiger partial charge in [-0.1, -0.05) is 43.6 Å². The highest BCUT2D eigenvalue weighted by Gasteiger charge is 2.22. The summed E-state index contributed by atoms with van der Waals surface area (Å²) in [6.07, 6.45) is 0. The molecule has 0 bridgehead atoms. The van der Waals surface area contributed by atoms with Crippen molar-refractivity contribution in [3.05, 3.63) is 52.6 Å². The van der Waals surface area contributed by atoms with Crippen LogP contribution in [0.4, 0.5) is 17.6 Å². The lowest BCUT2D eigenvalue weighted by molar-refractivity contribution is 0.0461. The van der Waals surface area contributed by atoms with E-state index in [1.54, 1.807) is 11.6 Å². The Kier molecular flexibility index (Phi) is 6.28. The molecule has 152 valence electrons. The second kappa shape index (κ2) is 8.87. The van der Waals surface area contributed by atoms with Gasteiger partial charge in [-0.3, -0.25) is 4.68 Å². The number of hydrogen-bond acceptors (Lipinski definition) is 8. The monoisotopic (exact) mass is 415 g/mol. The van der Waals surface area contributed by atoms with Crippen molar-refractivity contribution in [1.82, 2.24) is 24.7 Å². The first-order valence-electron chi connectivity index (χ1n) is 9.06. The van der Waals surface area contributed by atoms with Crippen molar-refractivity contribution >= 4 is 35.2 Å². The average Bonchev–Trinajstić information content (AvgIpc) is 2.93. The van der Waals surface area contributed by atoms with Gasteiger partial charge in [0.25, 0.3) is 0 Å². The second-order valence-corrected chi connectivity index (χ2v) is 7.19. The zero-order valence-corrected chi connectivity index (χ0v) is 17.1. The molecule has 3 rings (SSSR count). The minimum Gasteiger partial charge on any atom is -0.454 e. The van der Waals surface area contributed by atoms with Gasteiger partial charge < -0.3 is 15.8 Å². The van der Waals surface area contributed by atoms with Crippen LogP contribution in [-0.4, -0.2) is 30.7 Å². The number of nitrogens with zero attached hydrogens (tertiary/aromatic N) is 5.